The standard InChI is InChI=1S/C20H16Cl2N2O6S/c1-29-7-6-23-19(25)17(31-20(23)26)10-13-8-15(21)18(16(22)9-13)30-11-12-2-4-14(5-3-12)24(27)28/h2-5,8-10H,6-7,11H2,1H3/b17-10+. The Bertz CT molecular complexity index is 1040. The smallest absolute Gasteiger partial charge is 0.293 e. The van der Waals surface area contributed by atoms with Gasteiger partial charge in [-0.3, -0.25) is 24.6 Å². The number of nitrogens with zero attached hydrogens (tertiary/aromatic N) is 2. The third kappa shape index (κ3) is 5.56. The molecular weight excluding hydrogens is 467 g/mol. The second-order valence-corrected chi connectivity index (χ2v) is 8.16. The molecule has 0 unspecified atom stereocenters. The summed E-state index contributed by atoms with van der Waals surface area (Å²) in [5.41, 5.74) is 1.22. The summed E-state index contributed by atoms with van der Waals surface area (Å²) in [6.07, 6.45) is 1.54. The summed E-state index contributed by atoms with van der Waals surface area (Å²) in [5.74, 6) is -0.162. The molecular formula is C20H16Cl2N2O6S. The SMILES string of the molecule is COCCN1C(=O)S/C(=C/c2cc(Cl)c(OCc3ccc([N+](=O)[O-])cc3)c(Cl)c2)C1=O. The molecule has 1 heterocycles. The van der Waals surface area contributed by atoms with Crippen LogP contribution in [0.15, 0.2) is 41.3 Å². The molecule has 0 N–H and O–H groups in total. The molecule has 0 aromatic heterocycles. The number of amides is 2. The lowest BCUT2D eigenvalue weighted by molar-refractivity contribution is -0.384. The molecule has 0 atom stereocenters. The molecule has 0 aliphatic carbocycles. The van der Waals surface area contributed by atoms with Crippen LogP contribution in [-0.2, 0) is 16.1 Å². The normalized spacial score (nSPS) is 15.1. The number of carbonyl (C=O) groups excluding carboxylic acids is 2. The van der Waals surface area contributed by atoms with E-state index in [1.165, 1.54) is 25.3 Å². The maximum Gasteiger partial charge on any atom is 0.293 e. The third-order valence-corrected chi connectivity index (χ3v) is 5.71. The van der Waals surface area contributed by atoms with Crippen LogP contribution in [0.1, 0.15) is 11.1 Å². The van der Waals surface area contributed by atoms with Crippen LogP contribution in [-0.4, -0.2) is 41.2 Å². The summed E-state index contributed by atoms with van der Waals surface area (Å²) in [5, 5.41) is 10.8. The first-order valence-electron chi connectivity index (χ1n) is 8.89. The number of hydrogen-bond donors (Lipinski definition) is 0. The number of rotatable bonds is 8. The molecule has 11 heteroatoms. The zero-order valence-corrected chi connectivity index (χ0v) is 18.5. The van der Waals surface area contributed by atoms with Gasteiger partial charge in [0.25, 0.3) is 16.8 Å². The monoisotopic (exact) mass is 482 g/mol. The highest BCUT2D eigenvalue weighted by Crippen LogP contribution is 2.37. The minimum absolute atomic E-state index is 0.0178. The fourth-order valence-corrected chi connectivity index (χ4v) is 4.17. The van der Waals surface area contributed by atoms with E-state index in [9.17, 15) is 19.7 Å². The number of benzene rings is 2. The van der Waals surface area contributed by atoms with Gasteiger partial charge < -0.3 is 9.47 Å². The lowest BCUT2D eigenvalue weighted by Gasteiger charge is -2.12. The van der Waals surface area contributed by atoms with Crippen molar-refractivity contribution in [2.45, 2.75) is 6.61 Å². The van der Waals surface area contributed by atoms with Gasteiger partial charge in [0.1, 0.15) is 6.61 Å². The largest absolute Gasteiger partial charge is 0.486 e. The van der Waals surface area contributed by atoms with Crippen molar-refractivity contribution in [1.29, 1.82) is 0 Å². The van der Waals surface area contributed by atoms with Crippen LogP contribution in [0.5, 0.6) is 5.75 Å². The van der Waals surface area contributed by atoms with Crippen LogP contribution in [0.3, 0.4) is 0 Å². The minimum Gasteiger partial charge on any atom is -0.486 e. The predicted octanol–water partition coefficient (Wildman–Crippen LogP) is 5.16. The fourth-order valence-electron chi connectivity index (χ4n) is 2.70. The lowest BCUT2D eigenvalue weighted by atomic mass is 10.2. The molecule has 1 aliphatic heterocycles. The summed E-state index contributed by atoms with van der Waals surface area (Å²) >= 11 is 13.4. The average molecular weight is 483 g/mol. The summed E-state index contributed by atoms with van der Waals surface area (Å²) in [6.45, 7) is 0.536. The van der Waals surface area contributed by atoms with Gasteiger partial charge in [0, 0.05) is 19.2 Å². The van der Waals surface area contributed by atoms with E-state index >= 15 is 0 Å². The van der Waals surface area contributed by atoms with Crippen LogP contribution < -0.4 is 4.74 Å². The van der Waals surface area contributed by atoms with Gasteiger partial charge in [-0.15, -0.1) is 0 Å². The molecule has 8 nitrogen and oxygen atoms in total. The van der Waals surface area contributed by atoms with Gasteiger partial charge in [0.2, 0.25) is 0 Å². The zero-order valence-electron chi connectivity index (χ0n) is 16.2. The van der Waals surface area contributed by atoms with Crippen molar-refractivity contribution in [3.05, 3.63) is 72.6 Å². The Kier molecular flexibility index (Phi) is 7.55. The highest BCUT2D eigenvalue weighted by Gasteiger charge is 2.34. The topological polar surface area (TPSA) is 99.0 Å². The molecule has 0 bridgehead atoms. The molecule has 31 heavy (non-hydrogen) atoms. The van der Waals surface area contributed by atoms with Crippen LogP contribution in [0.25, 0.3) is 6.08 Å². The van der Waals surface area contributed by atoms with Gasteiger partial charge in [0.05, 0.1) is 33.0 Å². The zero-order chi connectivity index (χ0) is 22.5. The van der Waals surface area contributed by atoms with Gasteiger partial charge in [-0.2, -0.15) is 0 Å². The summed E-state index contributed by atoms with van der Waals surface area (Å²) in [4.78, 5) is 36.1. The van der Waals surface area contributed by atoms with Crippen LogP contribution in [0.4, 0.5) is 10.5 Å². The number of non-ortho nitro benzene ring substituents is 1. The van der Waals surface area contributed by atoms with Crippen molar-refractivity contribution in [2.75, 3.05) is 20.3 Å². The van der Waals surface area contributed by atoms with Crippen molar-refractivity contribution in [1.82, 2.24) is 4.90 Å². The van der Waals surface area contributed by atoms with Crippen molar-refractivity contribution >= 4 is 57.9 Å². The Hall–Kier alpha value is -2.59. The van der Waals surface area contributed by atoms with Crippen molar-refractivity contribution in [3.63, 3.8) is 0 Å². The van der Waals surface area contributed by atoms with Gasteiger partial charge in [0.15, 0.2) is 5.75 Å². The van der Waals surface area contributed by atoms with E-state index in [0.717, 1.165) is 16.7 Å². The van der Waals surface area contributed by atoms with Crippen LogP contribution in [0, 0.1) is 10.1 Å². The molecule has 2 aromatic rings. The Morgan fingerprint density at radius 1 is 1.16 bits per heavy atom. The second-order valence-electron chi connectivity index (χ2n) is 6.35. The highest BCUT2D eigenvalue weighted by molar-refractivity contribution is 8.18. The van der Waals surface area contributed by atoms with Crippen LogP contribution >= 0.6 is 35.0 Å². The third-order valence-electron chi connectivity index (χ3n) is 4.24. The molecule has 2 amide bonds. The van der Waals surface area contributed by atoms with Gasteiger partial charge in [-0.1, -0.05) is 23.2 Å². The molecule has 3 rings (SSSR count). The van der Waals surface area contributed by atoms with Gasteiger partial charge in [-0.05, 0) is 53.2 Å². The summed E-state index contributed by atoms with van der Waals surface area (Å²) in [6, 6.07) is 9.06. The van der Waals surface area contributed by atoms with Gasteiger partial charge >= 0.3 is 0 Å². The summed E-state index contributed by atoms with van der Waals surface area (Å²) < 4.78 is 10.6. The van der Waals surface area contributed by atoms with E-state index in [4.69, 9.17) is 32.7 Å². The number of nitro groups is 1. The molecule has 162 valence electrons. The molecule has 0 spiro atoms. The number of nitro benzene ring substituents is 1. The Labute approximate surface area is 191 Å². The first kappa shape index (κ1) is 23.1. The number of methoxy groups -OCH3 is 1. The predicted molar refractivity (Wildman–Crippen MR) is 118 cm³/mol. The van der Waals surface area contributed by atoms with Crippen molar-refractivity contribution < 1.29 is 24.0 Å². The van der Waals surface area contributed by atoms with E-state index in [-0.39, 0.29) is 51.4 Å². The number of hydrogen-bond acceptors (Lipinski definition) is 7. The molecule has 1 aliphatic rings. The van der Waals surface area contributed by atoms with Crippen molar-refractivity contribution in [3.8, 4) is 5.75 Å². The van der Waals surface area contributed by atoms with E-state index < -0.39 is 10.8 Å². The maximum absolute atomic E-state index is 12.4. The molecule has 1 saturated heterocycles. The van der Waals surface area contributed by atoms with Gasteiger partial charge in [-0.25, -0.2) is 0 Å². The number of carbonyl (C=O) groups is 2. The number of thioether (sulfide) groups is 1. The molecule has 2 aromatic carbocycles. The number of imide groups is 1. The van der Waals surface area contributed by atoms with Crippen molar-refractivity contribution in [2.24, 2.45) is 0 Å². The first-order chi connectivity index (χ1) is 14.8. The Balaban J connectivity index is 1.73. The van der Waals surface area contributed by atoms with E-state index in [1.807, 2.05) is 0 Å². The van der Waals surface area contributed by atoms with E-state index in [0.29, 0.717) is 11.1 Å². The first-order valence-corrected chi connectivity index (χ1v) is 10.5. The van der Waals surface area contributed by atoms with E-state index in [1.54, 1.807) is 24.3 Å². The lowest BCUT2D eigenvalue weighted by Crippen LogP contribution is -2.31. The maximum atomic E-state index is 12.4. The number of ether oxygens (including phenoxy) is 2. The fraction of sp³-hybridized carbons (Fsp3) is 0.200. The number of halogens is 2. The Morgan fingerprint density at radius 3 is 2.39 bits per heavy atom. The van der Waals surface area contributed by atoms with E-state index in [2.05, 4.69) is 0 Å². The summed E-state index contributed by atoms with van der Waals surface area (Å²) in [7, 11) is 1.49. The highest BCUT2D eigenvalue weighted by atomic mass is 35.5. The molecule has 1 fully saturated rings. The van der Waals surface area contributed by atoms with Crippen LogP contribution in [0.2, 0.25) is 10.0 Å². The molecule has 0 saturated carbocycles. The quantitative estimate of drug-likeness (QED) is 0.290. The second kappa shape index (κ2) is 10.1. The molecule has 0 radical (unpaired) electrons. The average Bonchev–Trinajstić information content (AvgIpc) is 2.98. The Morgan fingerprint density at radius 2 is 1.81 bits per heavy atom. The minimum atomic E-state index is -0.483.